The predicted molar refractivity (Wildman–Crippen MR) is 90.7 cm³/mol. The lowest BCUT2D eigenvalue weighted by molar-refractivity contribution is -0.117. The number of fused-ring (bicyclic) bond motifs is 5. The molecule has 0 unspecified atom stereocenters. The van der Waals surface area contributed by atoms with Crippen molar-refractivity contribution in [2.24, 2.45) is 29.1 Å². The summed E-state index contributed by atoms with van der Waals surface area (Å²) in [5, 5.41) is 11.5. The van der Waals surface area contributed by atoms with Crippen molar-refractivity contribution in [2.75, 3.05) is 0 Å². The van der Waals surface area contributed by atoms with Crippen LogP contribution in [0.5, 0.6) is 0 Å². The maximum atomic E-state index is 11.9. The Morgan fingerprint density at radius 2 is 1.96 bits per heavy atom. The third kappa shape index (κ3) is 1.96. The lowest BCUT2D eigenvalue weighted by Gasteiger charge is -2.54. The monoisotopic (exact) mass is 332 g/mol. The van der Waals surface area contributed by atoms with E-state index in [9.17, 15) is 9.90 Å². The van der Waals surface area contributed by atoms with Gasteiger partial charge in [0, 0.05) is 11.8 Å². The number of halogens is 1. The van der Waals surface area contributed by atoms with Crippen molar-refractivity contribution in [2.45, 2.75) is 63.9 Å². The molecule has 6 atom stereocenters. The first-order valence-electron chi connectivity index (χ1n) is 9.03. The molecule has 0 aromatic rings. The molecule has 0 bridgehead atoms. The van der Waals surface area contributed by atoms with Crippen LogP contribution in [0.2, 0.25) is 0 Å². The van der Waals surface area contributed by atoms with Crippen molar-refractivity contribution >= 4 is 17.4 Å². The van der Waals surface area contributed by atoms with Gasteiger partial charge in [0.25, 0.3) is 0 Å². The predicted octanol–water partition coefficient (Wildman–Crippen LogP) is 4.06. The van der Waals surface area contributed by atoms with Gasteiger partial charge < -0.3 is 5.11 Å². The Morgan fingerprint density at radius 1 is 1.17 bits per heavy atom. The van der Waals surface area contributed by atoms with Gasteiger partial charge in [-0.2, -0.15) is 0 Å². The van der Waals surface area contributed by atoms with Gasteiger partial charge in [-0.15, -0.1) is 6.42 Å². The maximum absolute atomic E-state index is 11.9. The van der Waals surface area contributed by atoms with Crippen molar-refractivity contribution in [1.82, 2.24) is 0 Å². The zero-order valence-electron chi connectivity index (χ0n) is 13.8. The normalized spacial score (nSPS) is 49.2. The van der Waals surface area contributed by atoms with Crippen LogP contribution in [0.4, 0.5) is 0 Å². The quantitative estimate of drug-likeness (QED) is 0.679. The van der Waals surface area contributed by atoms with E-state index in [1.165, 1.54) is 5.57 Å². The number of carbonyl (C=O) groups is 1. The van der Waals surface area contributed by atoms with Gasteiger partial charge in [0.1, 0.15) is 5.60 Å². The number of carbonyl (C=O) groups excluding carboxylic acids is 1. The summed E-state index contributed by atoms with van der Waals surface area (Å²) in [4.78, 5) is 11.9. The number of hydrogen-bond acceptors (Lipinski definition) is 2. The molecule has 0 radical (unpaired) electrons. The smallest absolute Gasteiger partial charge is 0.174 e. The first-order chi connectivity index (χ1) is 10.9. The van der Waals surface area contributed by atoms with Gasteiger partial charge in [-0.05, 0) is 74.2 Å². The topological polar surface area (TPSA) is 37.3 Å². The molecule has 0 spiro atoms. The number of terminal acetylenes is 1. The molecule has 0 aromatic carbocycles. The third-order valence-corrected chi connectivity index (χ3v) is 8.26. The van der Waals surface area contributed by atoms with Gasteiger partial charge in [0.05, 0.1) is 5.03 Å². The van der Waals surface area contributed by atoms with Gasteiger partial charge >= 0.3 is 0 Å². The fraction of sp³-hybridized carbons (Fsp3) is 0.750. The van der Waals surface area contributed by atoms with Crippen molar-refractivity contribution < 1.29 is 9.90 Å². The number of hydrogen-bond donors (Lipinski definition) is 1. The molecule has 3 heteroatoms. The van der Waals surface area contributed by atoms with Crippen LogP contribution < -0.4 is 0 Å². The lowest BCUT2D eigenvalue weighted by atomic mass is 9.50. The average Bonchev–Trinajstić information content (AvgIpc) is 2.83. The van der Waals surface area contributed by atoms with Gasteiger partial charge in [-0.25, -0.2) is 0 Å². The van der Waals surface area contributed by atoms with E-state index in [0.29, 0.717) is 35.1 Å². The summed E-state index contributed by atoms with van der Waals surface area (Å²) in [7, 11) is 0. The number of rotatable bonds is 0. The number of aliphatic hydroxyl groups is 1. The summed E-state index contributed by atoms with van der Waals surface area (Å²) >= 11 is 6.34. The maximum Gasteiger partial charge on any atom is 0.174 e. The second-order valence-electron chi connectivity index (χ2n) is 8.38. The molecule has 4 rings (SSSR count). The van der Waals surface area contributed by atoms with E-state index in [-0.39, 0.29) is 11.2 Å². The summed E-state index contributed by atoms with van der Waals surface area (Å²) in [5.41, 5.74) is 0.162. The molecule has 0 saturated heterocycles. The molecule has 4 aliphatic carbocycles. The second kappa shape index (κ2) is 5.11. The van der Waals surface area contributed by atoms with E-state index >= 15 is 0 Å². The summed E-state index contributed by atoms with van der Waals surface area (Å²) in [6, 6.07) is 0. The highest BCUT2D eigenvalue weighted by molar-refractivity contribution is 6.43. The highest BCUT2D eigenvalue weighted by Gasteiger charge is 2.62. The van der Waals surface area contributed by atoms with Crippen LogP contribution in [0.15, 0.2) is 10.6 Å². The molecule has 2 nitrogen and oxygen atoms in total. The van der Waals surface area contributed by atoms with E-state index in [4.69, 9.17) is 18.0 Å². The molecule has 0 aromatic heterocycles. The van der Waals surface area contributed by atoms with E-state index in [1.807, 2.05) is 0 Å². The Bertz CT molecular complexity index is 630. The van der Waals surface area contributed by atoms with Crippen LogP contribution in [0, 0.1) is 41.4 Å². The minimum absolute atomic E-state index is 0.139. The molecule has 1 N–H and O–H groups in total. The number of Topliss-reactive ketones (excluding diaryl/α,β-unsaturated/α-hetero) is 1. The minimum atomic E-state index is -0.932. The van der Waals surface area contributed by atoms with Crippen LogP contribution >= 0.6 is 11.6 Å². The fourth-order valence-corrected chi connectivity index (χ4v) is 6.82. The molecule has 23 heavy (non-hydrogen) atoms. The Kier molecular flexibility index (Phi) is 3.49. The molecule has 3 saturated carbocycles. The van der Waals surface area contributed by atoms with E-state index < -0.39 is 5.60 Å². The summed E-state index contributed by atoms with van der Waals surface area (Å²) in [6.07, 6.45) is 13.2. The Morgan fingerprint density at radius 3 is 2.70 bits per heavy atom. The van der Waals surface area contributed by atoms with Gasteiger partial charge in [-0.1, -0.05) is 24.4 Å². The van der Waals surface area contributed by atoms with Crippen molar-refractivity contribution in [3.63, 3.8) is 0 Å². The highest BCUT2D eigenvalue weighted by Crippen LogP contribution is 2.65. The Labute approximate surface area is 143 Å². The Hall–Kier alpha value is -0.780. The Balaban J connectivity index is 1.67. The van der Waals surface area contributed by atoms with Crippen molar-refractivity contribution in [3.8, 4) is 12.3 Å². The first-order valence-corrected chi connectivity index (χ1v) is 9.41. The van der Waals surface area contributed by atoms with Crippen molar-refractivity contribution in [1.29, 1.82) is 0 Å². The molecular weight excluding hydrogens is 308 g/mol. The summed E-state index contributed by atoms with van der Waals surface area (Å²) < 4.78 is 0. The zero-order valence-corrected chi connectivity index (χ0v) is 14.5. The zero-order chi connectivity index (χ0) is 16.4. The third-order valence-electron chi connectivity index (χ3n) is 7.80. The standard InChI is InChI=1S/C20H25ClO2/c1-3-20(23)11-9-16-14-4-5-15-12(6-7-17(22)18(15)21)13(14)8-10-19(16,20)2/h1,12-14,16,23H,4-11H2,2H3/t12-,13+,14-,16-,19-,20+/m1/s1. The molecule has 0 heterocycles. The summed E-state index contributed by atoms with van der Waals surface area (Å²) in [6.45, 7) is 2.21. The van der Waals surface area contributed by atoms with Gasteiger partial charge in [0.15, 0.2) is 5.78 Å². The second-order valence-corrected chi connectivity index (χ2v) is 8.76. The molecular formula is C20H25ClO2. The largest absolute Gasteiger partial charge is 0.377 e. The molecule has 4 aliphatic rings. The number of allylic oxidation sites excluding steroid dienone is 1. The van der Waals surface area contributed by atoms with Crippen molar-refractivity contribution in [3.05, 3.63) is 10.6 Å². The molecule has 0 amide bonds. The van der Waals surface area contributed by atoms with Crippen LogP contribution in [-0.4, -0.2) is 16.5 Å². The summed E-state index contributed by atoms with van der Waals surface area (Å²) in [5.74, 6) is 5.12. The van der Waals surface area contributed by atoms with Crippen LogP contribution in [-0.2, 0) is 4.79 Å². The van der Waals surface area contributed by atoms with E-state index in [1.54, 1.807) is 0 Å². The molecule has 124 valence electrons. The molecule has 0 aliphatic heterocycles. The first kappa shape index (κ1) is 15.7. The fourth-order valence-electron chi connectivity index (χ4n) is 6.49. The van der Waals surface area contributed by atoms with Gasteiger partial charge in [-0.3, -0.25) is 4.79 Å². The van der Waals surface area contributed by atoms with Crippen LogP contribution in [0.25, 0.3) is 0 Å². The number of ketones is 1. The van der Waals surface area contributed by atoms with E-state index in [0.717, 1.165) is 44.9 Å². The minimum Gasteiger partial charge on any atom is -0.377 e. The van der Waals surface area contributed by atoms with Crippen LogP contribution in [0.1, 0.15) is 58.3 Å². The SMILES string of the molecule is C#C[C@]1(O)CC[C@@H]2[C@@H]3CCC4=C(Cl)C(=O)CC[C@@H]4[C@@H]3CC[C@]21C. The van der Waals surface area contributed by atoms with E-state index in [2.05, 4.69) is 12.8 Å². The average molecular weight is 333 g/mol. The lowest BCUT2D eigenvalue weighted by Crippen LogP contribution is -2.52. The van der Waals surface area contributed by atoms with Crippen LogP contribution in [0.3, 0.4) is 0 Å². The highest BCUT2D eigenvalue weighted by atomic mass is 35.5. The molecule has 3 fully saturated rings. The van der Waals surface area contributed by atoms with Gasteiger partial charge in [0.2, 0.25) is 0 Å².